The number of hydrogen-bond donors (Lipinski definition) is 1. The molecule has 14 heavy (non-hydrogen) atoms. The smallest absolute Gasteiger partial charge is 0.110 e. The monoisotopic (exact) mass is 208 g/mol. The molecule has 1 atom stereocenters. The van der Waals surface area contributed by atoms with Gasteiger partial charge in [-0.15, -0.1) is 11.3 Å². The van der Waals surface area contributed by atoms with Crippen LogP contribution in [0.2, 0.25) is 0 Å². The van der Waals surface area contributed by atoms with Crippen molar-refractivity contribution in [2.45, 2.75) is 19.1 Å². The Kier molecular flexibility index (Phi) is 2.82. The van der Waals surface area contributed by atoms with E-state index in [2.05, 4.69) is 11.0 Å². The summed E-state index contributed by atoms with van der Waals surface area (Å²) in [5.74, 6) is 0. The molecule has 0 aromatic carbocycles. The van der Waals surface area contributed by atoms with Gasteiger partial charge in [0, 0.05) is 24.5 Å². The Morgan fingerprint density at radius 3 is 3.07 bits per heavy atom. The van der Waals surface area contributed by atoms with E-state index >= 15 is 0 Å². The highest BCUT2D eigenvalue weighted by atomic mass is 32.1. The van der Waals surface area contributed by atoms with E-state index in [1.165, 1.54) is 16.2 Å². The van der Waals surface area contributed by atoms with Gasteiger partial charge in [-0.1, -0.05) is 0 Å². The van der Waals surface area contributed by atoms with E-state index < -0.39 is 0 Å². The molecule has 3 nitrogen and oxygen atoms in total. The molecule has 4 heteroatoms. The number of aliphatic hydroxyl groups excluding tert-OH is 1. The molecule has 1 N–H and O–H groups in total. The fourth-order valence-corrected chi connectivity index (χ4v) is 2.55. The molecule has 2 rings (SSSR count). The molecular weight excluding hydrogens is 196 g/mol. The zero-order valence-corrected chi connectivity index (χ0v) is 8.63. The van der Waals surface area contributed by atoms with E-state index in [1.807, 2.05) is 12.1 Å². The Morgan fingerprint density at radius 1 is 1.64 bits per heavy atom. The number of nitrogens with zero attached hydrogens (tertiary/aromatic N) is 2. The van der Waals surface area contributed by atoms with Crippen LogP contribution in [0.15, 0.2) is 12.1 Å². The van der Waals surface area contributed by atoms with E-state index in [0.717, 1.165) is 30.9 Å². The molecule has 1 aromatic rings. The van der Waals surface area contributed by atoms with Crippen molar-refractivity contribution in [3.05, 3.63) is 21.9 Å². The van der Waals surface area contributed by atoms with E-state index in [9.17, 15) is 5.11 Å². The Hall–Kier alpha value is -0.890. The minimum Gasteiger partial charge on any atom is -0.392 e. The summed E-state index contributed by atoms with van der Waals surface area (Å²) in [5, 5.41) is 18.0. The Labute approximate surface area is 87.2 Å². The Morgan fingerprint density at radius 2 is 2.50 bits per heavy atom. The minimum absolute atomic E-state index is 0.162. The maximum atomic E-state index is 9.34. The maximum absolute atomic E-state index is 9.34. The summed E-state index contributed by atoms with van der Waals surface area (Å²) in [6.45, 7) is 2.59. The molecule has 0 radical (unpaired) electrons. The SMILES string of the molecule is N#Cc1ccc(CN2CC[C@@H](O)C2)s1. The van der Waals surface area contributed by atoms with E-state index in [1.54, 1.807) is 0 Å². The summed E-state index contributed by atoms with van der Waals surface area (Å²) in [4.78, 5) is 4.19. The predicted molar refractivity (Wildman–Crippen MR) is 54.9 cm³/mol. The van der Waals surface area contributed by atoms with Gasteiger partial charge in [-0.3, -0.25) is 4.90 Å². The maximum Gasteiger partial charge on any atom is 0.110 e. The van der Waals surface area contributed by atoms with Gasteiger partial charge in [0.15, 0.2) is 0 Å². The lowest BCUT2D eigenvalue weighted by molar-refractivity contribution is 0.175. The first-order valence-electron chi connectivity index (χ1n) is 4.67. The summed E-state index contributed by atoms with van der Waals surface area (Å²) in [5.41, 5.74) is 0. The molecule has 0 bridgehead atoms. The summed E-state index contributed by atoms with van der Waals surface area (Å²) in [7, 11) is 0. The molecule has 0 spiro atoms. The average Bonchev–Trinajstić information content (AvgIpc) is 2.76. The lowest BCUT2D eigenvalue weighted by Crippen LogP contribution is -2.20. The van der Waals surface area contributed by atoms with Gasteiger partial charge in [-0.05, 0) is 18.6 Å². The van der Waals surface area contributed by atoms with Crippen LogP contribution in [0.3, 0.4) is 0 Å². The zero-order valence-electron chi connectivity index (χ0n) is 7.81. The number of thiophene rings is 1. The van der Waals surface area contributed by atoms with Crippen LogP contribution in [0.1, 0.15) is 16.2 Å². The van der Waals surface area contributed by atoms with Crippen LogP contribution in [-0.2, 0) is 6.54 Å². The van der Waals surface area contributed by atoms with Crippen LogP contribution in [0.5, 0.6) is 0 Å². The van der Waals surface area contributed by atoms with Crippen LogP contribution >= 0.6 is 11.3 Å². The molecule has 1 aliphatic heterocycles. The molecule has 1 fully saturated rings. The number of hydrogen-bond acceptors (Lipinski definition) is 4. The van der Waals surface area contributed by atoms with Crippen molar-refractivity contribution in [1.82, 2.24) is 4.90 Å². The van der Waals surface area contributed by atoms with E-state index in [0.29, 0.717) is 0 Å². The standard InChI is InChI=1S/C10H12N2OS/c11-5-9-1-2-10(14-9)7-12-4-3-8(13)6-12/h1-2,8,13H,3-4,6-7H2/t8-/m1/s1. The molecule has 1 aliphatic rings. The normalized spacial score (nSPS) is 22.4. The molecule has 74 valence electrons. The van der Waals surface area contributed by atoms with Gasteiger partial charge in [0.1, 0.15) is 10.9 Å². The van der Waals surface area contributed by atoms with Crippen molar-refractivity contribution in [1.29, 1.82) is 5.26 Å². The van der Waals surface area contributed by atoms with Gasteiger partial charge < -0.3 is 5.11 Å². The minimum atomic E-state index is -0.162. The summed E-state index contributed by atoms with van der Waals surface area (Å²) in [6.07, 6.45) is 0.710. The summed E-state index contributed by atoms with van der Waals surface area (Å²) in [6, 6.07) is 5.98. The van der Waals surface area contributed by atoms with Crippen LogP contribution in [0.25, 0.3) is 0 Å². The predicted octanol–water partition coefficient (Wildman–Crippen LogP) is 1.19. The molecular formula is C10H12N2OS. The van der Waals surface area contributed by atoms with Crippen molar-refractivity contribution < 1.29 is 5.11 Å². The van der Waals surface area contributed by atoms with Crippen LogP contribution in [-0.4, -0.2) is 29.2 Å². The van der Waals surface area contributed by atoms with Gasteiger partial charge in [0.05, 0.1) is 6.10 Å². The van der Waals surface area contributed by atoms with Gasteiger partial charge in [-0.2, -0.15) is 5.26 Å². The van der Waals surface area contributed by atoms with Crippen molar-refractivity contribution in [2.75, 3.05) is 13.1 Å². The lowest BCUT2D eigenvalue weighted by atomic mass is 10.3. The third-order valence-electron chi connectivity index (χ3n) is 2.40. The Bertz CT molecular complexity index is 355. The summed E-state index contributed by atoms with van der Waals surface area (Å²) >= 11 is 1.54. The van der Waals surface area contributed by atoms with E-state index in [-0.39, 0.29) is 6.10 Å². The molecule has 0 amide bonds. The van der Waals surface area contributed by atoms with Crippen LogP contribution in [0, 0.1) is 11.3 Å². The molecule has 0 unspecified atom stereocenters. The fraction of sp³-hybridized carbons (Fsp3) is 0.500. The average molecular weight is 208 g/mol. The first kappa shape index (κ1) is 9.66. The highest BCUT2D eigenvalue weighted by Gasteiger charge is 2.20. The van der Waals surface area contributed by atoms with Crippen LogP contribution in [0.4, 0.5) is 0 Å². The number of aliphatic hydroxyl groups is 1. The largest absolute Gasteiger partial charge is 0.392 e. The quantitative estimate of drug-likeness (QED) is 0.794. The first-order valence-corrected chi connectivity index (χ1v) is 5.49. The van der Waals surface area contributed by atoms with Gasteiger partial charge in [-0.25, -0.2) is 0 Å². The van der Waals surface area contributed by atoms with Gasteiger partial charge in [0.25, 0.3) is 0 Å². The third kappa shape index (κ3) is 2.13. The molecule has 1 saturated heterocycles. The highest BCUT2D eigenvalue weighted by molar-refractivity contribution is 7.12. The van der Waals surface area contributed by atoms with Gasteiger partial charge in [0.2, 0.25) is 0 Å². The fourth-order valence-electron chi connectivity index (χ4n) is 1.70. The zero-order chi connectivity index (χ0) is 9.97. The molecule has 0 aliphatic carbocycles. The number of β-amino-alcohol motifs (C(OH)–C–C–N with tert-alkyl or cyclic N) is 1. The topological polar surface area (TPSA) is 47.3 Å². The second-order valence-corrected chi connectivity index (χ2v) is 4.72. The van der Waals surface area contributed by atoms with Crippen molar-refractivity contribution in [3.63, 3.8) is 0 Å². The second-order valence-electron chi connectivity index (χ2n) is 3.56. The third-order valence-corrected chi connectivity index (χ3v) is 3.37. The number of likely N-dealkylation sites (tertiary alicyclic amines) is 1. The molecule has 0 saturated carbocycles. The van der Waals surface area contributed by atoms with Crippen molar-refractivity contribution >= 4 is 11.3 Å². The molecule has 2 heterocycles. The second kappa shape index (κ2) is 4.09. The summed E-state index contributed by atoms with van der Waals surface area (Å²) < 4.78 is 0. The van der Waals surface area contributed by atoms with Crippen LogP contribution < -0.4 is 0 Å². The van der Waals surface area contributed by atoms with Gasteiger partial charge >= 0.3 is 0 Å². The van der Waals surface area contributed by atoms with E-state index in [4.69, 9.17) is 5.26 Å². The van der Waals surface area contributed by atoms with Crippen molar-refractivity contribution in [3.8, 4) is 6.07 Å². The number of rotatable bonds is 2. The first-order chi connectivity index (χ1) is 6.78. The lowest BCUT2D eigenvalue weighted by Gasteiger charge is -2.12. The Balaban J connectivity index is 1.95. The number of nitriles is 1. The molecule has 1 aromatic heterocycles. The van der Waals surface area contributed by atoms with Crippen molar-refractivity contribution in [2.24, 2.45) is 0 Å². The highest BCUT2D eigenvalue weighted by Crippen LogP contribution is 2.19.